The molecular formula is C14H19BrN2O2. The molecule has 0 saturated heterocycles. The van der Waals surface area contributed by atoms with Crippen molar-refractivity contribution >= 4 is 27.6 Å². The standard InChI is InChI=1S/C14H19BrN2O2/c1-9-5-6-11(15)7-12(9)17-14(19)16-8-10-3-2-4-13(10)18/h5-7,10,13,18H,2-4,8H2,1H3,(H2,16,17,19)/t10-,13+/m0/s1. The minimum Gasteiger partial charge on any atom is -0.393 e. The fourth-order valence-electron chi connectivity index (χ4n) is 2.37. The highest BCUT2D eigenvalue weighted by Gasteiger charge is 2.25. The van der Waals surface area contributed by atoms with E-state index < -0.39 is 0 Å². The van der Waals surface area contributed by atoms with E-state index in [0.29, 0.717) is 6.54 Å². The lowest BCUT2D eigenvalue weighted by Crippen LogP contribution is -2.35. The molecule has 1 saturated carbocycles. The Kier molecular flexibility index (Phi) is 4.82. The minimum atomic E-state index is -0.270. The third-order valence-electron chi connectivity index (χ3n) is 3.59. The molecule has 0 aromatic heterocycles. The van der Waals surface area contributed by atoms with Crippen LogP contribution in [0, 0.1) is 12.8 Å². The van der Waals surface area contributed by atoms with Gasteiger partial charge in [0.1, 0.15) is 0 Å². The first kappa shape index (κ1) is 14.3. The predicted octanol–water partition coefficient (Wildman–Crippen LogP) is 3.04. The zero-order valence-corrected chi connectivity index (χ0v) is 12.5. The van der Waals surface area contributed by atoms with Crippen LogP contribution in [0.1, 0.15) is 24.8 Å². The number of amides is 2. The van der Waals surface area contributed by atoms with Crippen molar-refractivity contribution in [3.05, 3.63) is 28.2 Å². The van der Waals surface area contributed by atoms with Crippen LogP contribution in [-0.2, 0) is 0 Å². The zero-order chi connectivity index (χ0) is 13.8. The maximum absolute atomic E-state index is 11.8. The van der Waals surface area contributed by atoms with E-state index in [1.165, 1.54) is 0 Å². The minimum absolute atomic E-state index is 0.189. The van der Waals surface area contributed by atoms with Gasteiger partial charge in [0, 0.05) is 22.6 Å². The Bertz CT molecular complexity index is 465. The third kappa shape index (κ3) is 3.94. The second kappa shape index (κ2) is 6.39. The lowest BCUT2D eigenvalue weighted by molar-refractivity contribution is 0.133. The topological polar surface area (TPSA) is 61.4 Å². The quantitative estimate of drug-likeness (QED) is 0.799. The Morgan fingerprint density at radius 2 is 2.26 bits per heavy atom. The highest BCUT2D eigenvalue weighted by Crippen LogP contribution is 2.25. The molecule has 0 spiro atoms. The number of anilines is 1. The first-order valence-electron chi connectivity index (χ1n) is 6.55. The van der Waals surface area contributed by atoms with E-state index in [9.17, 15) is 9.90 Å². The summed E-state index contributed by atoms with van der Waals surface area (Å²) in [5.74, 6) is 0.189. The number of benzene rings is 1. The maximum atomic E-state index is 11.8. The highest BCUT2D eigenvalue weighted by molar-refractivity contribution is 9.10. The van der Waals surface area contributed by atoms with Crippen LogP contribution in [0.15, 0.2) is 22.7 Å². The van der Waals surface area contributed by atoms with Crippen molar-refractivity contribution in [1.82, 2.24) is 5.32 Å². The number of nitrogens with one attached hydrogen (secondary N) is 2. The van der Waals surface area contributed by atoms with Crippen molar-refractivity contribution in [2.24, 2.45) is 5.92 Å². The Labute approximate surface area is 121 Å². The Hall–Kier alpha value is -1.07. The van der Waals surface area contributed by atoms with Gasteiger partial charge < -0.3 is 15.7 Å². The number of aliphatic hydroxyl groups excluding tert-OH is 1. The van der Waals surface area contributed by atoms with Crippen molar-refractivity contribution in [3.63, 3.8) is 0 Å². The largest absolute Gasteiger partial charge is 0.393 e. The molecular weight excluding hydrogens is 308 g/mol. The number of hydrogen-bond donors (Lipinski definition) is 3. The fourth-order valence-corrected chi connectivity index (χ4v) is 2.74. The maximum Gasteiger partial charge on any atom is 0.319 e. The van der Waals surface area contributed by atoms with Gasteiger partial charge in [0.2, 0.25) is 0 Å². The van der Waals surface area contributed by atoms with Gasteiger partial charge in [-0.1, -0.05) is 28.4 Å². The van der Waals surface area contributed by atoms with Crippen LogP contribution in [0.4, 0.5) is 10.5 Å². The van der Waals surface area contributed by atoms with E-state index in [1.807, 2.05) is 25.1 Å². The van der Waals surface area contributed by atoms with Crippen molar-refractivity contribution in [2.45, 2.75) is 32.3 Å². The molecule has 1 aliphatic carbocycles. The van der Waals surface area contributed by atoms with Crippen LogP contribution < -0.4 is 10.6 Å². The normalized spacial score (nSPS) is 22.3. The molecule has 5 heteroatoms. The molecule has 2 atom stereocenters. The Morgan fingerprint density at radius 1 is 1.47 bits per heavy atom. The van der Waals surface area contributed by atoms with Gasteiger partial charge in [-0.05, 0) is 37.5 Å². The molecule has 0 heterocycles. The molecule has 0 unspecified atom stereocenters. The fraction of sp³-hybridized carbons (Fsp3) is 0.500. The molecule has 19 heavy (non-hydrogen) atoms. The molecule has 104 valence electrons. The number of aliphatic hydroxyl groups is 1. The summed E-state index contributed by atoms with van der Waals surface area (Å²) in [7, 11) is 0. The number of carbonyl (C=O) groups is 1. The molecule has 1 aromatic carbocycles. The number of hydrogen-bond acceptors (Lipinski definition) is 2. The molecule has 0 aliphatic heterocycles. The van der Waals surface area contributed by atoms with Crippen molar-refractivity contribution in [1.29, 1.82) is 0 Å². The van der Waals surface area contributed by atoms with Gasteiger partial charge in [-0.3, -0.25) is 0 Å². The van der Waals surface area contributed by atoms with Crippen molar-refractivity contribution in [2.75, 3.05) is 11.9 Å². The molecule has 0 radical (unpaired) electrons. The summed E-state index contributed by atoms with van der Waals surface area (Å²) < 4.78 is 0.930. The number of halogens is 1. The van der Waals surface area contributed by atoms with Crippen LogP contribution in [0.2, 0.25) is 0 Å². The second-order valence-corrected chi connectivity index (χ2v) is 5.97. The molecule has 2 amide bonds. The summed E-state index contributed by atoms with van der Waals surface area (Å²) in [6.45, 7) is 2.48. The van der Waals surface area contributed by atoms with E-state index in [4.69, 9.17) is 0 Å². The highest BCUT2D eigenvalue weighted by atomic mass is 79.9. The predicted molar refractivity (Wildman–Crippen MR) is 79.2 cm³/mol. The molecule has 0 bridgehead atoms. The summed E-state index contributed by atoms with van der Waals surface area (Å²) in [6, 6.07) is 5.54. The first-order valence-corrected chi connectivity index (χ1v) is 7.34. The van der Waals surface area contributed by atoms with Crippen LogP contribution in [0.5, 0.6) is 0 Å². The summed E-state index contributed by atoms with van der Waals surface area (Å²) in [4.78, 5) is 11.8. The zero-order valence-electron chi connectivity index (χ0n) is 10.9. The van der Waals surface area contributed by atoms with Gasteiger partial charge in [0.15, 0.2) is 0 Å². The smallest absolute Gasteiger partial charge is 0.319 e. The number of urea groups is 1. The summed E-state index contributed by atoms with van der Waals surface area (Å²) in [5, 5.41) is 15.3. The van der Waals surface area contributed by atoms with Crippen LogP contribution in [-0.4, -0.2) is 23.8 Å². The van der Waals surface area contributed by atoms with Gasteiger partial charge in [-0.25, -0.2) is 4.79 Å². The summed E-state index contributed by atoms with van der Waals surface area (Å²) in [5.41, 5.74) is 1.80. The van der Waals surface area contributed by atoms with E-state index in [-0.39, 0.29) is 18.1 Å². The first-order chi connectivity index (χ1) is 9.06. The molecule has 1 fully saturated rings. The van der Waals surface area contributed by atoms with Gasteiger partial charge in [0.25, 0.3) is 0 Å². The van der Waals surface area contributed by atoms with E-state index in [0.717, 1.165) is 35.0 Å². The van der Waals surface area contributed by atoms with Gasteiger partial charge >= 0.3 is 6.03 Å². The van der Waals surface area contributed by atoms with E-state index >= 15 is 0 Å². The number of carbonyl (C=O) groups excluding carboxylic acids is 1. The molecule has 3 N–H and O–H groups in total. The average Bonchev–Trinajstić information content (AvgIpc) is 2.77. The van der Waals surface area contributed by atoms with Gasteiger partial charge in [-0.2, -0.15) is 0 Å². The van der Waals surface area contributed by atoms with Gasteiger partial charge in [-0.15, -0.1) is 0 Å². The number of rotatable bonds is 3. The van der Waals surface area contributed by atoms with E-state index in [1.54, 1.807) is 0 Å². The summed E-state index contributed by atoms with van der Waals surface area (Å²) in [6.07, 6.45) is 2.60. The molecule has 1 aromatic rings. The van der Waals surface area contributed by atoms with Gasteiger partial charge in [0.05, 0.1) is 6.10 Å². The molecule has 2 rings (SSSR count). The van der Waals surface area contributed by atoms with Crippen LogP contribution in [0.25, 0.3) is 0 Å². The molecule has 4 nitrogen and oxygen atoms in total. The SMILES string of the molecule is Cc1ccc(Br)cc1NC(=O)NC[C@@H]1CCC[C@H]1O. The monoisotopic (exact) mass is 326 g/mol. The third-order valence-corrected chi connectivity index (χ3v) is 4.08. The molecule has 1 aliphatic rings. The van der Waals surface area contributed by atoms with Crippen molar-refractivity contribution < 1.29 is 9.90 Å². The Morgan fingerprint density at radius 3 is 2.95 bits per heavy atom. The average molecular weight is 327 g/mol. The van der Waals surface area contributed by atoms with Crippen LogP contribution >= 0.6 is 15.9 Å². The van der Waals surface area contributed by atoms with E-state index in [2.05, 4.69) is 26.6 Å². The summed E-state index contributed by atoms with van der Waals surface area (Å²) >= 11 is 3.38. The lowest BCUT2D eigenvalue weighted by Gasteiger charge is -2.16. The van der Waals surface area contributed by atoms with Crippen molar-refractivity contribution in [3.8, 4) is 0 Å². The number of aryl methyl sites for hydroxylation is 1. The Balaban J connectivity index is 1.85. The lowest BCUT2D eigenvalue weighted by atomic mass is 10.1. The van der Waals surface area contributed by atoms with Crippen LogP contribution in [0.3, 0.4) is 0 Å². The second-order valence-electron chi connectivity index (χ2n) is 5.05.